The van der Waals surface area contributed by atoms with E-state index in [1.165, 1.54) is 5.56 Å². The van der Waals surface area contributed by atoms with E-state index in [2.05, 4.69) is 30.5 Å². The minimum Gasteiger partial charge on any atom is -0.454 e. The summed E-state index contributed by atoms with van der Waals surface area (Å²) in [6.07, 6.45) is 2.18. The molecule has 0 amide bonds. The van der Waals surface area contributed by atoms with E-state index >= 15 is 0 Å². The van der Waals surface area contributed by atoms with Crippen LogP contribution in [-0.2, 0) is 11.3 Å². The lowest BCUT2D eigenvalue weighted by Crippen LogP contribution is -2.45. The van der Waals surface area contributed by atoms with E-state index in [9.17, 15) is 0 Å². The minimum atomic E-state index is 0.00975. The maximum absolute atomic E-state index is 5.74. The quantitative estimate of drug-likeness (QED) is 0.788. The third kappa shape index (κ3) is 4.12. The average molecular weight is 306 g/mol. The Bertz CT molecular complexity index is 505. The number of ether oxygens (including phenoxy) is 3. The van der Waals surface area contributed by atoms with Crippen LogP contribution in [0.4, 0.5) is 0 Å². The summed E-state index contributed by atoms with van der Waals surface area (Å²) in [7, 11) is 0. The van der Waals surface area contributed by atoms with Gasteiger partial charge in [-0.3, -0.25) is 0 Å². The zero-order valence-electron chi connectivity index (χ0n) is 13.5. The molecule has 0 aromatic heterocycles. The summed E-state index contributed by atoms with van der Waals surface area (Å²) < 4.78 is 16.4. The van der Waals surface area contributed by atoms with Gasteiger partial charge in [-0.2, -0.15) is 0 Å². The first-order valence-corrected chi connectivity index (χ1v) is 8.09. The summed E-state index contributed by atoms with van der Waals surface area (Å²) in [6.45, 7) is 8.29. The predicted molar refractivity (Wildman–Crippen MR) is 85.3 cm³/mol. The van der Waals surface area contributed by atoms with Gasteiger partial charge in [-0.05, 0) is 44.4 Å². The monoisotopic (exact) mass is 306 g/mol. The molecule has 0 bridgehead atoms. The predicted octanol–water partition coefficient (Wildman–Crippen LogP) is 2.05. The lowest BCUT2D eigenvalue weighted by Gasteiger charge is -2.36. The Morgan fingerprint density at radius 1 is 1.18 bits per heavy atom. The van der Waals surface area contributed by atoms with Crippen molar-refractivity contribution in [3.8, 4) is 11.5 Å². The van der Waals surface area contributed by atoms with E-state index in [0.717, 1.165) is 50.6 Å². The fraction of sp³-hybridized carbons (Fsp3) is 0.647. The smallest absolute Gasteiger partial charge is 0.231 e. The molecule has 2 aliphatic rings. The molecule has 22 heavy (non-hydrogen) atoms. The molecule has 1 saturated heterocycles. The molecule has 2 heterocycles. The highest BCUT2D eigenvalue weighted by Crippen LogP contribution is 2.32. The Labute approximate surface area is 132 Å². The first kappa shape index (κ1) is 15.6. The second-order valence-corrected chi connectivity index (χ2v) is 6.62. The number of benzene rings is 1. The highest BCUT2D eigenvalue weighted by molar-refractivity contribution is 5.44. The molecule has 0 spiro atoms. The van der Waals surface area contributed by atoms with E-state index in [-0.39, 0.29) is 5.60 Å². The molecule has 1 atom stereocenters. The van der Waals surface area contributed by atoms with Gasteiger partial charge in [0.1, 0.15) is 0 Å². The van der Waals surface area contributed by atoms with E-state index in [1.54, 1.807) is 0 Å². The van der Waals surface area contributed by atoms with Crippen LogP contribution in [-0.4, -0.2) is 38.1 Å². The largest absolute Gasteiger partial charge is 0.454 e. The second-order valence-electron chi connectivity index (χ2n) is 6.62. The van der Waals surface area contributed by atoms with Gasteiger partial charge in [-0.25, -0.2) is 0 Å². The first-order chi connectivity index (χ1) is 10.6. The Morgan fingerprint density at radius 2 is 2.05 bits per heavy atom. The van der Waals surface area contributed by atoms with Crippen molar-refractivity contribution >= 4 is 0 Å². The summed E-state index contributed by atoms with van der Waals surface area (Å²) in [5, 5.41) is 7.08. The van der Waals surface area contributed by atoms with E-state index in [1.807, 2.05) is 12.1 Å². The molecule has 1 aromatic rings. The second kappa shape index (κ2) is 6.86. The molecular weight excluding hydrogens is 280 g/mol. The third-order valence-corrected chi connectivity index (χ3v) is 4.20. The molecule has 5 nitrogen and oxygen atoms in total. The SMILES string of the molecule is CC1(C)C[C@H](NCCNCc2ccc3c(c2)OCO3)CCO1. The fourth-order valence-corrected chi connectivity index (χ4v) is 3.05. The lowest BCUT2D eigenvalue weighted by atomic mass is 9.94. The average Bonchev–Trinajstić information content (AvgIpc) is 2.93. The van der Waals surface area contributed by atoms with Gasteiger partial charge in [0, 0.05) is 32.3 Å². The molecule has 122 valence electrons. The van der Waals surface area contributed by atoms with Crippen molar-refractivity contribution in [1.29, 1.82) is 0 Å². The van der Waals surface area contributed by atoms with Gasteiger partial charge < -0.3 is 24.8 Å². The molecule has 0 radical (unpaired) electrons. The van der Waals surface area contributed by atoms with Crippen molar-refractivity contribution < 1.29 is 14.2 Å². The van der Waals surface area contributed by atoms with Crippen LogP contribution in [0.3, 0.4) is 0 Å². The zero-order chi connectivity index (χ0) is 15.4. The van der Waals surface area contributed by atoms with Gasteiger partial charge in [0.05, 0.1) is 5.60 Å². The maximum atomic E-state index is 5.74. The van der Waals surface area contributed by atoms with Crippen LogP contribution in [0.25, 0.3) is 0 Å². The van der Waals surface area contributed by atoms with Gasteiger partial charge >= 0.3 is 0 Å². The summed E-state index contributed by atoms with van der Waals surface area (Å²) in [6, 6.07) is 6.66. The molecule has 1 aromatic carbocycles. The number of nitrogens with one attached hydrogen (secondary N) is 2. The van der Waals surface area contributed by atoms with Crippen LogP contribution in [0.15, 0.2) is 18.2 Å². The van der Waals surface area contributed by atoms with Crippen LogP contribution >= 0.6 is 0 Å². The summed E-state index contributed by atoms with van der Waals surface area (Å²) in [5.41, 5.74) is 1.23. The van der Waals surface area contributed by atoms with Crippen LogP contribution in [0, 0.1) is 0 Å². The zero-order valence-corrected chi connectivity index (χ0v) is 13.5. The van der Waals surface area contributed by atoms with Gasteiger partial charge in [0.25, 0.3) is 0 Å². The Hall–Kier alpha value is -1.30. The molecule has 1 fully saturated rings. The topological polar surface area (TPSA) is 51.8 Å². The van der Waals surface area contributed by atoms with E-state index in [0.29, 0.717) is 12.8 Å². The number of hydrogen-bond donors (Lipinski definition) is 2. The highest BCUT2D eigenvalue weighted by Gasteiger charge is 2.28. The van der Waals surface area contributed by atoms with Crippen LogP contribution in [0.5, 0.6) is 11.5 Å². The van der Waals surface area contributed by atoms with Crippen LogP contribution in [0.2, 0.25) is 0 Å². The molecule has 0 saturated carbocycles. The summed E-state index contributed by atoms with van der Waals surface area (Å²) in [4.78, 5) is 0. The number of hydrogen-bond acceptors (Lipinski definition) is 5. The molecule has 0 aliphatic carbocycles. The van der Waals surface area contributed by atoms with Crippen molar-refractivity contribution in [2.45, 2.75) is 44.9 Å². The molecule has 0 unspecified atom stereocenters. The Kier molecular flexibility index (Phi) is 4.86. The van der Waals surface area contributed by atoms with E-state index < -0.39 is 0 Å². The lowest BCUT2D eigenvalue weighted by molar-refractivity contribution is -0.0627. The number of fused-ring (bicyclic) bond motifs is 1. The highest BCUT2D eigenvalue weighted by atomic mass is 16.7. The van der Waals surface area contributed by atoms with Gasteiger partial charge in [-0.1, -0.05) is 6.07 Å². The normalized spacial score (nSPS) is 22.7. The molecule has 2 N–H and O–H groups in total. The fourth-order valence-electron chi connectivity index (χ4n) is 3.05. The maximum Gasteiger partial charge on any atom is 0.231 e. The first-order valence-electron chi connectivity index (χ1n) is 8.09. The number of rotatable bonds is 6. The molecule has 2 aliphatic heterocycles. The standard InChI is InChI=1S/C17H26N2O3/c1-17(2)10-14(5-8-22-17)19-7-6-18-11-13-3-4-15-16(9-13)21-12-20-15/h3-4,9,14,18-19H,5-8,10-12H2,1-2H3/t14-/m1/s1. The van der Waals surface area contributed by atoms with Gasteiger partial charge in [-0.15, -0.1) is 0 Å². The van der Waals surface area contributed by atoms with Crippen molar-refractivity contribution in [3.05, 3.63) is 23.8 Å². The van der Waals surface area contributed by atoms with Crippen molar-refractivity contribution in [1.82, 2.24) is 10.6 Å². The minimum absolute atomic E-state index is 0.00975. The summed E-state index contributed by atoms with van der Waals surface area (Å²) >= 11 is 0. The Balaban J connectivity index is 1.34. The Morgan fingerprint density at radius 3 is 2.91 bits per heavy atom. The van der Waals surface area contributed by atoms with Gasteiger partial charge in [0.2, 0.25) is 6.79 Å². The van der Waals surface area contributed by atoms with Crippen molar-refractivity contribution in [2.24, 2.45) is 0 Å². The van der Waals surface area contributed by atoms with E-state index in [4.69, 9.17) is 14.2 Å². The summed E-state index contributed by atoms with van der Waals surface area (Å²) in [5.74, 6) is 1.69. The van der Waals surface area contributed by atoms with Crippen LogP contribution < -0.4 is 20.1 Å². The molecule has 5 heteroatoms. The van der Waals surface area contributed by atoms with Crippen molar-refractivity contribution in [3.63, 3.8) is 0 Å². The molecular formula is C17H26N2O3. The van der Waals surface area contributed by atoms with Crippen LogP contribution in [0.1, 0.15) is 32.3 Å². The van der Waals surface area contributed by atoms with Gasteiger partial charge in [0.15, 0.2) is 11.5 Å². The molecule has 3 rings (SSSR count). The van der Waals surface area contributed by atoms with Crippen molar-refractivity contribution in [2.75, 3.05) is 26.5 Å². The third-order valence-electron chi connectivity index (χ3n) is 4.20.